The summed E-state index contributed by atoms with van der Waals surface area (Å²) in [6.45, 7) is 1.99. The molecule has 0 spiro atoms. The van der Waals surface area contributed by atoms with Gasteiger partial charge >= 0.3 is 0 Å². The number of hydrogen-bond donors (Lipinski definition) is 1. The maximum absolute atomic E-state index is 12.3. The normalized spacial score (nSPS) is 11.3. The Morgan fingerprint density at radius 2 is 1.88 bits per heavy atom. The molecule has 7 heteroatoms. The lowest BCUT2D eigenvalue weighted by Gasteiger charge is -2.01. The van der Waals surface area contributed by atoms with Gasteiger partial charge in [-0.05, 0) is 30.7 Å². The monoisotopic (exact) mass is 396 g/mol. The molecule has 0 unspecified atom stereocenters. The minimum absolute atomic E-state index is 0.377. The highest BCUT2D eigenvalue weighted by molar-refractivity contribution is 7.21. The summed E-state index contributed by atoms with van der Waals surface area (Å²) in [6.07, 6.45) is 1.41. The van der Waals surface area contributed by atoms with Crippen LogP contribution in [0.25, 0.3) is 10.1 Å². The number of rotatable bonds is 3. The van der Waals surface area contributed by atoms with E-state index in [4.69, 9.17) is 34.8 Å². The van der Waals surface area contributed by atoms with Crippen molar-refractivity contribution in [2.24, 2.45) is 5.10 Å². The first kappa shape index (κ1) is 17.2. The molecule has 0 saturated carbocycles. The highest BCUT2D eigenvalue weighted by Crippen LogP contribution is 2.35. The van der Waals surface area contributed by atoms with Gasteiger partial charge in [0.2, 0.25) is 0 Å². The van der Waals surface area contributed by atoms with Crippen molar-refractivity contribution >= 4 is 68.3 Å². The average molecular weight is 398 g/mol. The van der Waals surface area contributed by atoms with E-state index < -0.39 is 0 Å². The number of nitrogens with zero attached hydrogens (tertiary/aromatic N) is 1. The van der Waals surface area contributed by atoms with Gasteiger partial charge in [0.05, 0.1) is 21.3 Å². The lowest BCUT2D eigenvalue weighted by molar-refractivity contribution is 0.0959. The lowest BCUT2D eigenvalue weighted by Crippen LogP contribution is -2.16. The predicted molar refractivity (Wildman–Crippen MR) is 103 cm³/mol. The van der Waals surface area contributed by atoms with Gasteiger partial charge in [0, 0.05) is 15.6 Å². The van der Waals surface area contributed by atoms with Gasteiger partial charge in [-0.25, -0.2) is 5.43 Å². The average Bonchev–Trinajstić information content (AvgIpc) is 2.86. The van der Waals surface area contributed by atoms with Crippen molar-refractivity contribution in [3.8, 4) is 0 Å². The summed E-state index contributed by atoms with van der Waals surface area (Å²) in [5.41, 5.74) is 4.11. The first-order chi connectivity index (χ1) is 11.5. The Morgan fingerprint density at radius 1 is 1.17 bits per heavy atom. The molecule has 0 bridgehead atoms. The number of nitrogens with one attached hydrogen (secondary N) is 1. The fraction of sp³-hybridized carbons (Fsp3) is 0.0588. The van der Waals surface area contributed by atoms with Crippen molar-refractivity contribution < 1.29 is 4.79 Å². The minimum Gasteiger partial charge on any atom is -0.266 e. The van der Waals surface area contributed by atoms with Gasteiger partial charge < -0.3 is 0 Å². The molecule has 0 aliphatic rings. The summed E-state index contributed by atoms with van der Waals surface area (Å²) in [4.78, 5) is 12.7. The highest BCUT2D eigenvalue weighted by atomic mass is 35.5. The molecule has 0 saturated heterocycles. The minimum atomic E-state index is -0.377. The van der Waals surface area contributed by atoms with Crippen LogP contribution in [0.15, 0.2) is 41.5 Å². The molecule has 24 heavy (non-hydrogen) atoms. The standard InChI is InChI=1S/C17H11Cl3N2OS/c1-9-5-6-10-14(7-9)24-16(15(10)20)17(23)22-21-8-11-12(18)3-2-4-13(11)19/h2-8H,1H3,(H,22,23). The summed E-state index contributed by atoms with van der Waals surface area (Å²) in [5.74, 6) is -0.377. The van der Waals surface area contributed by atoms with E-state index in [0.29, 0.717) is 25.5 Å². The molecule has 122 valence electrons. The molecule has 0 radical (unpaired) electrons. The van der Waals surface area contributed by atoms with Crippen molar-refractivity contribution in [3.63, 3.8) is 0 Å². The first-order valence-electron chi connectivity index (χ1n) is 6.93. The summed E-state index contributed by atoms with van der Waals surface area (Å²) in [5, 5.41) is 6.12. The maximum Gasteiger partial charge on any atom is 0.283 e. The van der Waals surface area contributed by atoms with Crippen LogP contribution in [0.4, 0.5) is 0 Å². The molecular weight excluding hydrogens is 387 g/mol. The summed E-state index contributed by atoms with van der Waals surface area (Å²) < 4.78 is 0.961. The zero-order valence-corrected chi connectivity index (χ0v) is 15.5. The number of aryl methyl sites for hydroxylation is 1. The van der Waals surface area contributed by atoms with E-state index in [2.05, 4.69) is 10.5 Å². The second-order valence-electron chi connectivity index (χ2n) is 5.08. The van der Waals surface area contributed by atoms with Crippen LogP contribution in [0.5, 0.6) is 0 Å². The third-order valence-electron chi connectivity index (χ3n) is 3.35. The quantitative estimate of drug-likeness (QED) is 0.431. The number of fused-ring (bicyclic) bond motifs is 1. The van der Waals surface area contributed by atoms with E-state index in [1.54, 1.807) is 18.2 Å². The molecule has 1 amide bonds. The number of amides is 1. The number of carbonyl (C=O) groups excluding carboxylic acids is 1. The number of carbonyl (C=O) groups is 1. The fourth-order valence-corrected chi connectivity index (χ4v) is 4.16. The van der Waals surface area contributed by atoms with E-state index in [1.165, 1.54) is 17.6 Å². The van der Waals surface area contributed by atoms with Gasteiger partial charge in [0.25, 0.3) is 5.91 Å². The lowest BCUT2D eigenvalue weighted by atomic mass is 10.2. The molecule has 0 atom stereocenters. The van der Waals surface area contributed by atoms with Gasteiger partial charge in [-0.3, -0.25) is 4.79 Å². The van der Waals surface area contributed by atoms with E-state index in [1.807, 2.05) is 25.1 Å². The van der Waals surface area contributed by atoms with Crippen molar-refractivity contribution in [1.29, 1.82) is 0 Å². The molecule has 3 aromatic rings. The second-order valence-corrected chi connectivity index (χ2v) is 7.32. The van der Waals surface area contributed by atoms with E-state index in [-0.39, 0.29) is 5.91 Å². The topological polar surface area (TPSA) is 41.5 Å². The smallest absolute Gasteiger partial charge is 0.266 e. The molecular formula is C17H11Cl3N2OS. The second kappa shape index (κ2) is 7.11. The number of hydrazone groups is 1. The van der Waals surface area contributed by atoms with Crippen molar-refractivity contribution in [1.82, 2.24) is 5.43 Å². The van der Waals surface area contributed by atoms with Gasteiger partial charge in [-0.15, -0.1) is 11.3 Å². The van der Waals surface area contributed by atoms with Crippen molar-refractivity contribution in [3.05, 3.63) is 67.5 Å². The largest absolute Gasteiger partial charge is 0.283 e. The third-order valence-corrected chi connectivity index (χ3v) is 5.67. The van der Waals surface area contributed by atoms with Crippen LogP contribution in [-0.4, -0.2) is 12.1 Å². The van der Waals surface area contributed by atoms with Crippen LogP contribution in [0.1, 0.15) is 20.8 Å². The molecule has 2 aromatic carbocycles. The van der Waals surface area contributed by atoms with Crippen molar-refractivity contribution in [2.75, 3.05) is 0 Å². The molecule has 0 fully saturated rings. The van der Waals surface area contributed by atoms with Gasteiger partial charge in [0.15, 0.2) is 0 Å². The van der Waals surface area contributed by atoms with Gasteiger partial charge in [-0.1, -0.05) is 53.0 Å². The molecule has 3 nitrogen and oxygen atoms in total. The number of hydrogen-bond acceptors (Lipinski definition) is 3. The first-order valence-corrected chi connectivity index (χ1v) is 8.88. The van der Waals surface area contributed by atoms with Gasteiger partial charge in [-0.2, -0.15) is 5.10 Å². The Labute approximate surface area is 157 Å². The van der Waals surface area contributed by atoms with Crippen LogP contribution < -0.4 is 5.43 Å². The zero-order valence-electron chi connectivity index (χ0n) is 12.4. The molecule has 1 heterocycles. The van der Waals surface area contributed by atoms with Gasteiger partial charge in [0.1, 0.15) is 4.88 Å². The number of benzene rings is 2. The molecule has 1 aromatic heterocycles. The Kier molecular flexibility index (Phi) is 5.11. The third kappa shape index (κ3) is 3.42. The van der Waals surface area contributed by atoms with Crippen molar-refractivity contribution in [2.45, 2.75) is 6.92 Å². The Morgan fingerprint density at radius 3 is 2.58 bits per heavy atom. The Balaban J connectivity index is 1.83. The van der Waals surface area contributed by atoms with Crippen LogP contribution in [0, 0.1) is 6.92 Å². The van der Waals surface area contributed by atoms with E-state index in [0.717, 1.165) is 15.6 Å². The Bertz CT molecular complexity index is 946. The maximum atomic E-state index is 12.3. The highest BCUT2D eigenvalue weighted by Gasteiger charge is 2.16. The Hall–Kier alpha value is -1.59. The molecule has 1 N–H and O–H groups in total. The van der Waals surface area contributed by atoms with E-state index in [9.17, 15) is 4.79 Å². The number of halogens is 3. The van der Waals surface area contributed by atoms with E-state index >= 15 is 0 Å². The zero-order chi connectivity index (χ0) is 17.3. The van der Waals surface area contributed by atoms with Crippen LogP contribution >= 0.6 is 46.1 Å². The van der Waals surface area contributed by atoms with Crippen LogP contribution in [0.2, 0.25) is 15.1 Å². The SMILES string of the molecule is Cc1ccc2c(Cl)c(C(=O)NN=Cc3c(Cl)cccc3Cl)sc2c1. The summed E-state index contributed by atoms with van der Waals surface area (Å²) in [6, 6.07) is 11.0. The molecule has 0 aliphatic heterocycles. The van der Waals surface area contributed by atoms with Crippen LogP contribution in [-0.2, 0) is 0 Å². The summed E-state index contributed by atoms with van der Waals surface area (Å²) in [7, 11) is 0. The predicted octanol–water partition coefficient (Wildman–Crippen LogP) is 5.93. The molecule has 0 aliphatic carbocycles. The fourth-order valence-electron chi connectivity index (χ4n) is 2.16. The number of thiophene rings is 1. The van der Waals surface area contributed by atoms with Crippen LogP contribution in [0.3, 0.4) is 0 Å². The molecule has 3 rings (SSSR count). The summed E-state index contributed by atoms with van der Waals surface area (Å²) >= 11 is 19.7.